The Morgan fingerprint density at radius 1 is 1.07 bits per heavy atom. The highest BCUT2D eigenvalue weighted by atomic mass is 19.2. The molecule has 0 amide bonds. The van der Waals surface area contributed by atoms with Crippen LogP contribution in [-0.2, 0) is 0 Å². The predicted molar refractivity (Wildman–Crippen MR) is 90.4 cm³/mol. The molecule has 4 rings (SSSR count). The Bertz CT molecular complexity index is 1160. The summed E-state index contributed by atoms with van der Waals surface area (Å²) >= 11 is 0. The fourth-order valence-corrected chi connectivity index (χ4v) is 2.37. The highest BCUT2D eigenvalue weighted by Crippen LogP contribution is 2.29. The molecule has 0 aliphatic heterocycles. The van der Waals surface area contributed by atoms with E-state index in [-0.39, 0.29) is 28.8 Å². The summed E-state index contributed by atoms with van der Waals surface area (Å²) in [5.41, 5.74) is 0.266. The molecule has 2 aromatic carbocycles. The number of halogens is 2. The molecule has 0 saturated heterocycles. The monoisotopic (exact) mass is 385 g/mol. The zero-order valence-electron chi connectivity index (χ0n) is 13.8. The van der Waals surface area contributed by atoms with E-state index in [0.717, 1.165) is 18.3 Å². The molecule has 140 valence electrons. The first-order valence-electron chi connectivity index (χ1n) is 7.76. The van der Waals surface area contributed by atoms with E-state index in [2.05, 4.69) is 20.3 Å². The second kappa shape index (κ2) is 6.87. The van der Waals surface area contributed by atoms with Crippen molar-refractivity contribution >= 4 is 5.69 Å². The van der Waals surface area contributed by atoms with Crippen LogP contribution in [0.4, 0.5) is 14.5 Å². The third-order valence-corrected chi connectivity index (χ3v) is 3.70. The summed E-state index contributed by atoms with van der Waals surface area (Å²) in [6, 6.07) is 9.59. The van der Waals surface area contributed by atoms with Gasteiger partial charge >= 0.3 is 5.69 Å². The molecule has 0 aliphatic carbocycles. The SMILES string of the molecule is O=[N+]([O-])c1cn[nH]c1-c1nc(-c2ccc(Oc3ccc(F)c(F)c3)cc2)no1. The van der Waals surface area contributed by atoms with Crippen LogP contribution in [-0.4, -0.2) is 25.3 Å². The minimum absolute atomic E-state index is 0.00189. The van der Waals surface area contributed by atoms with Gasteiger partial charge in [-0.2, -0.15) is 10.1 Å². The first-order chi connectivity index (χ1) is 13.5. The molecule has 0 fully saturated rings. The molecule has 2 aromatic heterocycles. The molecule has 0 unspecified atom stereocenters. The van der Waals surface area contributed by atoms with Crippen molar-refractivity contribution in [2.75, 3.05) is 0 Å². The minimum Gasteiger partial charge on any atom is -0.457 e. The summed E-state index contributed by atoms with van der Waals surface area (Å²) in [4.78, 5) is 14.5. The van der Waals surface area contributed by atoms with E-state index in [1.165, 1.54) is 6.07 Å². The Labute approximate surface area is 154 Å². The number of benzene rings is 2. The molecule has 4 aromatic rings. The predicted octanol–water partition coefficient (Wildman–Crippen LogP) is 4.11. The molecule has 9 nitrogen and oxygen atoms in total. The van der Waals surface area contributed by atoms with Crippen LogP contribution in [0.2, 0.25) is 0 Å². The van der Waals surface area contributed by atoms with Crippen LogP contribution in [0.15, 0.2) is 53.2 Å². The highest BCUT2D eigenvalue weighted by Gasteiger charge is 2.23. The van der Waals surface area contributed by atoms with Gasteiger partial charge in [0, 0.05) is 11.6 Å². The third kappa shape index (κ3) is 3.28. The fraction of sp³-hybridized carbons (Fsp3) is 0. The second-order valence-electron chi connectivity index (χ2n) is 5.51. The van der Waals surface area contributed by atoms with Crippen LogP contribution >= 0.6 is 0 Å². The van der Waals surface area contributed by atoms with Gasteiger partial charge in [-0.05, 0) is 36.4 Å². The zero-order chi connectivity index (χ0) is 19.7. The number of nitro groups is 1. The molecule has 11 heteroatoms. The Balaban J connectivity index is 1.54. The van der Waals surface area contributed by atoms with Crippen molar-refractivity contribution < 1.29 is 23.0 Å². The van der Waals surface area contributed by atoms with Gasteiger partial charge in [-0.15, -0.1) is 0 Å². The van der Waals surface area contributed by atoms with Crippen LogP contribution in [0, 0.1) is 21.7 Å². The van der Waals surface area contributed by atoms with Crippen molar-refractivity contribution in [3.05, 3.63) is 70.4 Å². The summed E-state index contributed by atoms with van der Waals surface area (Å²) < 4.78 is 36.7. The van der Waals surface area contributed by atoms with Crippen molar-refractivity contribution in [2.24, 2.45) is 0 Å². The van der Waals surface area contributed by atoms with Gasteiger partial charge in [-0.3, -0.25) is 15.2 Å². The van der Waals surface area contributed by atoms with Gasteiger partial charge in [0.15, 0.2) is 11.6 Å². The van der Waals surface area contributed by atoms with E-state index in [0.29, 0.717) is 11.3 Å². The molecule has 0 spiro atoms. The lowest BCUT2D eigenvalue weighted by Crippen LogP contribution is -1.90. The van der Waals surface area contributed by atoms with Gasteiger partial charge in [0.2, 0.25) is 11.5 Å². The molecule has 0 saturated carbocycles. The maximum Gasteiger partial charge on any atom is 0.319 e. The van der Waals surface area contributed by atoms with Crippen LogP contribution in [0.25, 0.3) is 23.0 Å². The minimum atomic E-state index is -1.01. The van der Waals surface area contributed by atoms with Gasteiger partial charge < -0.3 is 9.26 Å². The molecule has 0 bridgehead atoms. The van der Waals surface area contributed by atoms with Gasteiger partial charge in [0.25, 0.3) is 5.89 Å². The molecule has 0 atom stereocenters. The molecule has 2 heterocycles. The number of hydrogen-bond acceptors (Lipinski definition) is 7. The topological polar surface area (TPSA) is 120 Å². The first-order valence-corrected chi connectivity index (χ1v) is 7.76. The van der Waals surface area contributed by atoms with Gasteiger partial charge in [-0.1, -0.05) is 5.16 Å². The Hall–Kier alpha value is -4.15. The number of ether oxygens (including phenoxy) is 1. The number of aromatic amines is 1. The Morgan fingerprint density at radius 3 is 2.54 bits per heavy atom. The molecule has 0 aliphatic rings. The summed E-state index contributed by atoms with van der Waals surface area (Å²) in [5, 5.41) is 20.8. The van der Waals surface area contributed by atoms with Crippen molar-refractivity contribution in [2.45, 2.75) is 0 Å². The standard InChI is InChI=1S/C17H9F2N5O4/c18-12-6-5-11(7-13(12)19)27-10-3-1-9(2-4-10)16-21-17(28-23-16)15-14(24(25)26)8-20-22-15/h1-8H,(H,20,22). The normalized spacial score (nSPS) is 10.8. The summed E-state index contributed by atoms with van der Waals surface area (Å²) in [6.45, 7) is 0. The lowest BCUT2D eigenvalue weighted by Gasteiger charge is -2.06. The van der Waals surface area contributed by atoms with Gasteiger partial charge in [-0.25, -0.2) is 8.78 Å². The van der Waals surface area contributed by atoms with Crippen LogP contribution in [0.1, 0.15) is 0 Å². The fourth-order valence-electron chi connectivity index (χ4n) is 2.37. The average Bonchev–Trinajstić information content (AvgIpc) is 3.34. The Kier molecular flexibility index (Phi) is 4.24. The molecule has 1 N–H and O–H groups in total. The number of rotatable bonds is 5. The van der Waals surface area contributed by atoms with Crippen molar-refractivity contribution in [3.8, 4) is 34.5 Å². The summed E-state index contributed by atoms with van der Waals surface area (Å²) in [5.74, 6) is -1.35. The van der Waals surface area contributed by atoms with Crippen molar-refractivity contribution in [3.63, 3.8) is 0 Å². The van der Waals surface area contributed by atoms with E-state index in [9.17, 15) is 18.9 Å². The summed E-state index contributed by atoms with van der Waals surface area (Å²) in [6.07, 6.45) is 1.05. The maximum absolute atomic E-state index is 13.2. The quantitative estimate of drug-likeness (QED) is 0.405. The maximum atomic E-state index is 13.2. The van der Waals surface area contributed by atoms with Crippen molar-refractivity contribution in [1.82, 2.24) is 20.3 Å². The molecular formula is C17H9F2N5O4. The largest absolute Gasteiger partial charge is 0.457 e. The average molecular weight is 385 g/mol. The van der Waals surface area contributed by atoms with Crippen LogP contribution < -0.4 is 4.74 Å². The number of hydrogen-bond donors (Lipinski definition) is 1. The molecular weight excluding hydrogens is 376 g/mol. The zero-order valence-corrected chi connectivity index (χ0v) is 13.8. The van der Waals surface area contributed by atoms with E-state index in [1.807, 2.05) is 0 Å². The number of aromatic nitrogens is 4. The van der Waals surface area contributed by atoms with Crippen molar-refractivity contribution in [1.29, 1.82) is 0 Å². The van der Waals surface area contributed by atoms with Crippen LogP contribution in [0.5, 0.6) is 11.5 Å². The van der Waals surface area contributed by atoms with E-state index in [1.54, 1.807) is 24.3 Å². The van der Waals surface area contributed by atoms with E-state index >= 15 is 0 Å². The molecule has 28 heavy (non-hydrogen) atoms. The van der Waals surface area contributed by atoms with Crippen LogP contribution in [0.3, 0.4) is 0 Å². The number of nitrogens with one attached hydrogen (secondary N) is 1. The number of nitrogens with zero attached hydrogens (tertiary/aromatic N) is 4. The molecule has 0 radical (unpaired) electrons. The lowest BCUT2D eigenvalue weighted by atomic mass is 10.2. The highest BCUT2D eigenvalue weighted by molar-refractivity contribution is 5.64. The first kappa shape index (κ1) is 17.3. The Morgan fingerprint density at radius 2 is 1.82 bits per heavy atom. The second-order valence-corrected chi connectivity index (χ2v) is 5.51. The van der Waals surface area contributed by atoms with E-state index in [4.69, 9.17) is 9.26 Å². The smallest absolute Gasteiger partial charge is 0.319 e. The van der Waals surface area contributed by atoms with E-state index < -0.39 is 16.6 Å². The number of H-pyrrole nitrogens is 1. The lowest BCUT2D eigenvalue weighted by molar-refractivity contribution is -0.384. The third-order valence-electron chi connectivity index (χ3n) is 3.70. The van der Waals surface area contributed by atoms with Gasteiger partial charge in [0.1, 0.15) is 17.7 Å². The van der Waals surface area contributed by atoms with Gasteiger partial charge in [0.05, 0.1) is 4.92 Å². The summed E-state index contributed by atoms with van der Waals surface area (Å²) in [7, 11) is 0.